The van der Waals surface area contributed by atoms with Crippen molar-refractivity contribution in [1.29, 1.82) is 0 Å². The molecule has 23 heavy (non-hydrogen) atoms. The van der Waals surface area contributed by atoms with Crippen molar-refractivity contribution in [2.24, 2.45) is 5.92 Å². The van der Waals surface area contributed by atoms with Gasteiger partial charge in [-0.25, -0.2) is 0 Å². The molecular weight excluding hydrogens is 284 g/mol. The van der Waals surface area contributed by atoms with Gasteiger partial charge in [-0.15, -0.1) is 0 Å². The number of hydrogen-bond acceptors (Lipinski definition) is 3. The minimum Gasteiger partial charge on any atom is -0.381 e. The summed E-state index contributed by atoms with van der Waals surface area (Å²) in [7, 11) is 2.29. The smallest absolute Gasteiger partial charge is 0.0475 e. The largest absolute Gasteiger partial charge is 0.381 e. The molecule has 2 fully saturated rings. The van der Waals surface area contributed by atoms with Crippen LogP contribution in [-0.4, -0.2) is 56.2 Å². The standard InChI is InChI=1S/C20H32N2O/c1-16(2)18-6-4-5-7-19(18)20-15-22(11-10-21(20)3)14-17-8-12-23-13-9-17/h4-7,16-17,20H,8-15H2,1-3H3. The lowest BCUT2D eigenvalue weighted by atomic mass is 9.90. The molecule has 128 valence electrons. The van der Waals surface area contributed by atoms with Crippen molar-refractivity contribution in [2.45, 2.75) is 38.6 Å². The number of hydrogen-bond donors (Lipinski definition) is 0. The van der Waals surface area contributed by atoms with E-state index in [9.17, 15) is 0 Å². The van der Waals surface area contributed by atoms with Gasteiger partial charge in [-0.3, -0.25) is 9.80 Å². The molecule has 0 aromatic heterocycles. The predicted octanol–water partition coefficient (Wildman–Crippen LogP) is 3.53. The van der Waals surface area contributed by atoms with Gasteiger partial charge in [0.15, 0.2) is 0 Å². The third kappa shape index (κ3) is 4.14. The average Bonchev–Trinajstić information content (AvgIpc) is 2.57. The number of benzene rings is 1. The lowest BCUT2D eigenvalue weighted by Gasteiger charge is -2.42. The van der Waals surface area contributed by atoms with E-state index in [0.29, 0.717) is 12.0 Å². The summed E-state index contributed by atoms with van der Waals surface area (Å²) in [5, 5.41) is 0. The van der Waals surface area contributed by atoms with Crippen LogP contribution in [0.1, 0.15) is 49.8 Å². The number of likely N-dealkylation sites (N-methyl/N-ethyl adjacent to an activating group) is 1. The Hall–Kier alpha value is -0.900. The second-order valence-corrected chi connectivity index (χ2v) is 7.60. The van der Waals surface area contributed by atoms with Crippen LogP contribution in [0.5, 0.6) is 0 Å². The van der Waals surface area contributed by atoms with E-state index < -0.39 is 0 Å². The minimum absolute atomic E-state index is 0.530. The molecule has 3 rings (SSSR count). The highest BCUT2D eigenvalue weighted by Crippen LogP contribution is 2.31. The molecule has 1 aromatic rings. The molecule has 1 unspecified atom stereocenters. The third-order valence-electron chi connectivity index (χ3n) is 5.57. The van der Waals surface area contributed by atoms with Crippen molar-refractivity contribution in [2.75, 3.05) is 46.4 Å². The molecule has 0 N–H and O–H groups in total. The number of nitrogens with zero attached hydrogens (tertiary/aromatic N) is 2. The summed E-state index contributed by atoms with van der Waals surface area (Å²) in [5.41, 5.74) is 3.04. The molecule has 1 aromatic carbocycles. The average molecular weight is 316 g/mol. The van der Waals surface area contributed by atoms with Crippen LogP contribution < -0.4 is 0 Å². The zero-order valence-electron chi connectivity index (χ0n) is 15.0. The summed E-state index contributed by atoms with van der Waals surface area (Å²) in [6.07, 6.45) is 2.47. The second kappa shape index (κ2) is 7.78. The van der Waals surface area contributed by atoms with Crippen LogP contribution in [-0.2, 0) is 4.74 Å². The first-order valence-corrected chi connectivity index (χ1v) is 9.24. The highest BCUT2D eigenvalue weighted by atomic mass is 16.5. The number of rotatable bonds is 4. The lowest BCUT2D eigenvalue weighted by molar-refractivity contribution is 0.0332. The maximum Gasteiger partial charge on any atom is 0.0475 e. The Kier molecular flexibility index (Phi) is 5.73. The molecule has 3 nitrogen and oxygen atoms in total. The van der Waals surface area contributed by atoms with Gasteiger partial charge in [0.2, 0.25) is 0 Å². The molecular formula is C20H32N2O. The number of ether oxygens (including phenoxy) is 1. The molecule has 0 bridgehead atoms. The lowest BCUT2D eigenvalue weighted by Crippen LogP contribution is -2.48. The van der Waals surface area contributed by atoms with Gasteiger partial charge in [-0.1, -0.05) is 38.1 Å². The van der Waals surface area contributed by atoms with E-state index in [-0.39, 0.29) is 0 Å². The molecule has 0 amide bonds. The van der Waals surface area contributed by atoms with Crippen LogP contribution in [0.3, 0.4) is 0 Å². The normalized spacial score (nSPS) is 25.1. The van der Waals surface area contributed by atoms with E-state index in [1.54, 1.807) is 0 Å². The number of piperazine rings is 1. The SMILES string of the molecule is CC(C)c1ccccc1C1CN(CC2CCOCC2)CCN1C. The van der Waals surface area contributed by atoms with Gasteiger partial charge < -0.3 is 4.74 Å². The first-order chi connectivity index (χ1) is 11.1. The summed E-state index contributed by atoms with van der Waals surface area (Å²) in [6.45, 7) is 11.3. The fraction of sp³-hybridized carbons (Fsp3) is 0.700. The summed E-state index contributed by atoms with van der Waals surface area (Å²) >= 11 is 0. The van der Waals surface area contributed by atoms with Crippen LogP contribution >= 0.6 is 0 Å². The Balaban J connectivity index is 1.71. The Morgan fingerprint density at radius 1 is 1.13 bits per heavy atom. The zero-order valence-corrected chi connectivity index (χ0v) is 15.0. The summed E-state index contributed by atoms with van der Waals surface area (Å²) in [6, 6.07) is 9.57. The van der Waals surface area contributed by atoms with Gasteiger partial charge in [0.25, 0.3) is 0 Å². The van der Waals surface area contributed by atoms with E-state index in [2.05, 4.69) is 55.0 Å². The molecule has 2 aliphatic heterocycles. The molecule has 2 aliphatic rings. The fourth-order valence-corrected chi connectivity index (χ4v) is 4.07. The Labute approximate surface area is 141 Å². The van der Waals surface area contributed by atoms with E-state index in [1.807, 2.05) is 0 Å². The van der Waals surface area contributed by atoms with Gasteiger partial charge in [-0.2, -0.15) is 0 Å². The maximum atomic E-state index is 5.51. The summed E-state index contributed by atoms with van der Waals surface area (Å²) in [4.78, 5) is 5.24. The predicted molar refractivity (Wildman–Crippen MR) is 95.9 cm³/mol. The fourth-order valence-electron chi connectivity index (χ4n) is 4.07. The quantitative estimate of drug-likeness (QED) is 0.845. The van der Waals surface area contributed by atoms with Crippen molar-refractivity contribution < 1.29 is 4.74 Å². The van der Waals surface area contributed by atoms with Gasteiger partial charge in [0.05, 0.1) is 0 Å². The highest BCUT2D eigenvalue weighted by Gasteiger charge is 2.29. The van der Waals surface area contributed by atoms with Gasteiger partial charge >= 0.3 is 0 Å². The second-order valence-electron chi connectivity index (χ2n) is 7.60. The topological polar surface area (TPSA) is 15.7 Å². The summed E-state index contributed by atoms with van der Waals surface area (Å²) in [5.74, 6) is 1.42. The minimum atomic E-state index is 0.530. The molecule has 1 atom stereocenters. The Bertz CT molecular complexity index is 496. The molecule has 0 aliphatic carbocycles. The van der Waals surface area contributed by atoms with Gasteiger partial charge in [-0.05, 0) is 42.9 Å². The highest BCUT2D eigenvalue weighted by molar-refractivity contribution is 5.33. The summed E-state index contributed by atoms with van der Waals surface area (Å²) < 4.78 is 5.51. The maximum absolute atomic E-state index is 5.51. The van der Waals surface area contributed by atoms with Crippen LogP contribution in [0.4, 0.5) is 0 Å². The van der Waals surface area contributed by atoms with Crippen molar-refractivity contribution in [3.05, 3.63) is 35.4 Å². The zero-order chi connectivity index (χ0) is 16.2. The van der Waals surface area contributed by atoms with E-state index in [1.165, 1.54) is 43.6 Å². The molecule has 0 saturated carbocycles. The van der Waals surface area contributed by atoms with E-state index >= 15 is 0 Å². The van der Waals surface area contributed by atoms with Crippen LogP contribution in [0.25, 0.3) is 0 Å². The first-order valence-electron chi connectivity index (χ1n) is 9.24. The van der Waals surface area contributed by atoms with Gasteiger partial charge in [0, 0.05) is 45.4 Å². The first kappa shape index (κ1) is 16.9. The molecule has 0 spiro atoms. The van der Waals surface area contributed by atoms with Crippen molar-refractivity contribution in [1.82, 2.24) is 9.80 Å². The van der Waals surface area contributed by atoms with Crippen molar-refractivity contribution in [3.8, 4) is 0 Å². The molecule has 2 heterocycles. The van der Waals surface area contributed by atoms with E-state index in [4.69, 9.17) is 4.74 Å². The molecule has 0 radical (unpaired) electrons. The Morgan fingerprint density at radius 3 is 2.61 bits per heavy atom. The van der Waals surface area contributed by atoms with Gasteiger partial charge in [0.1, 0.15) is 0 Å². The van der Waals surface area contributed by atoms with Crippen LogP contribution in [0.15, 0.2) is 24.3 Å². The van der Waals surface area contributed by atoms with Crippen LogP contribution in [0.2, 0.25) is 0 Å². The van der Waals surface area contributed by atoms with Crippen LogP contribution in [0, 0.1) is 5.92 Å². The molecule has 3 heteroatoms. The molecule has 2 saturated heterocycles. The monoisotopic (exact) mass is 316 g/mol. The van der Waals surface area contributed by atoms with E-state index in [0.717, 1.165) is 25.7 Å². The van der Waals surface area contributed by atoms with Crippen molar-refractivity contribution >= 4 is 0 Å². The Morgan fingerprint density at radius 2 is 1.87 bits per heavy atom. The van der Waals surface area contributed by atoms with Crippen molar-refractivity contribution in [3.63, 3.8) is 0 Å². The third-order valence-corrected chi connectivity index (χ3v) is 5.57.